The summed E-state index contributed by atoms with van der Waals surface area (Å²) in [6.45, 7) is 0.295. The highest BCUT2D eigenvalue weighted by Gasteiger charge is 2.24. The lowest BCUT2D eigenvalue weighted by molar-refractivity contribution is 0.0984. The van der Waals surface area contributed by atoms with Crippen LogP contribution in [0.5, 0.6) is 17.2 Å². The highest BCUT2D eigenvalue weighted by atomic mass is 16.5. The topological polar surface area (TPSA) is 56.8 Å². The fourth-order valence-electron chi connectivity index (χ4n) is 1.89. The molecular weight excluding hydrogens is 246 g/mol. The van der Waals surface area contributed by atoms with Crippen LogP contribution in [0.1, 0.15) is 23.2 Å². The third-order valence-corrected chi connectivity index (χ3v) is 3.12. The lowest BCUT2D eigenvalue weighted by Crippen LogP contribution is -2.25. The van der Waals surface area contributed by atoms with Crippen LogP contribution in [0.15, 0.2) is 12.1 Å². The molecule has 104 valence electrons. The molecule has 0 aliphatic heterocycles. The molecule has 1 fully saturated rings. The molecular formula is C14H19NO4. The molecule has 0 unspecified atom stereocenters. The Kier molecular flexibility index (Phi) is 4.27. The predicted molar refractivity (Wildman–Crippen MR) is 71.5 cm³/mol. The van der Waals surface area contributed by atoms with Gasteiger partial charge in [0.1, 0.15) is 22.8 Å². The zero-order valence-corrected chi connectivity index (χ0v) is 11.5. The quantitative estimate of drug-likeness (QED) is 0.760. The monoisotopic (exact) mass is 265 g/mol. The lowest BCUT2D eigenvalue weighted by Gasteiger charge is -2.14. The number of hydrogen-bond donors (Lipinski definition) is 1. The van der Waals surface area contributed by atoms with Crippen LogP contribution in [0, 0.1) is 0 Å². The molecule has 0 radical (unpaired) electrons. The molecule has 0 bridgehead atoms. The van der Waals surface area contributed by atoms with Crippen LogP contribution < -0.4 is 19.5 Å². The van der Waals surface area contributed by atoms with Crippen molar-refractivity contribution in [3.05, 3.63) is 17.7 Å². The molecule has 2 rings (SSSR count). The SMILES string of the molecule is COc1cc(OC)c(C(=O)CNC2CC2)c(OC)c1. The standard InChI is InChI=1S/C14H19NO4/c1-17-10-6-12(18-2)14(13(7-10)19-3)11(16)8-15-9-4-5-9/h6-7,9,15H,4-5,8H2,1-3H3. The van der Waals surface area contributed by atoms with E-state index in [-0.39, 0.29) is 5.78 Å². The van der Waals surface area contributed by atoms with Gasteiger partial charge in [-0.25, -0.2) is 0 Å². The molecule has 1 aliphatic carbocycles. The van der Waals surface area contributed by atoms with Gasteiger partial charge < -0.3 is 19.5 Å². The molecule has 0 spiro atoms. The second kappa shape index (κ2) is 5.93. The van der Waals surface area contributed by atoms with Crippen LogP contribution in [0.25, 0.3) is 0 Å². The molecule has 5 nitrogen and oxygen atoms in total. The Bertz CT molecular complexity index is 444. The van der Waals surface area contributed by atoms with Crippen LogP contribution in [0.3, 0.4) is 0 Å². The van der Waals surface area contributed by atoms with Crippen molar-refractivity contribution < 1.29 is 19.0 Å². The number of methoxy groups -OCH3 is 3. The summed E-state index contributed by atoms with van der Waals surface area (Å²) in [7, 11) is 4.61. The van der Waals surface area contributed by atoms with Crippen LogP contribution in [0.2, 0.25) is 0 Å². The molecule has 1 saturated carbocycles. The number of Topliss-reactive ketones (excluding diaryl/α,β-unsaturated/α-hetero) is 1. The lowest BCUT2D eigenvalue weighted by atomic mass is 10.1. The summed E-state index contributed by atoms with van der Waals surface area (Å²) in [6.07, 6.45) is 2.29. The maximum absolute atomic E-state index is 12.3. The highest BCUT2D eigenvalue weighted by Crippen LogP contribution is 2.34. The summed E-state index contributed by atoms with van der Waals surface area (Å²) in [5.74, 6) is 1.50. The van der Waals surface area contributed by atoms with Crippen LogP contribution in [-0.2, 0) is 0 Å². The summed E-state index contributed by atoms with van der Waals surface area (Å²) in [5, 5.41) is 3.19. The van der Waals surface area contributed by atoms with E-state index in [9.17, 15) is 4.79 Å². The molecule has 1 aliphatic rings. The molecule has 5 heteroatoms. The van der Waals surface area contributed by atoms with E-state index >= 15 is 0 Å². The fraction of sp³-hybridized carbons (Fsp3) is 0.500. The van der Waals surface area contributed by atoms with Gasteiger partial charge in [0.05, 0.1) is 27.9 Å². The minimum atomic E-state index is -0.0387. The summed E-state index contributed by atoms with van der Waals surface area (Å²) in [5.41, 5.74) is 0.457. The van der Waals surface area contributed by atoms with E-state index in [1.54, 1.807) is 19.2 Å². The smallest absolute Gasteiger partial charge is 0.184 e. The summed E-state index contributed by atoms with van der Waals surface area (Å²) < 4.78 is 15.7. The Labute approximate surface area is 112 Å². The van der Waals surface area contributed by atoms with Crippen LogP contribution in [0.4, 0.5) is 0 Å². The Morgan fingerprint density at radius 2 is 1.74 bits per heavy atom. The first-order valence-corrected chi connectivity index (χ1v) is 6.26. The first-order chi connectivity index (χ1) is 9.19. The number of nitrogens with one attached hydrogen (secondary N) is 1. The molecule has 1 N–H and O–H groups in total. The number of benzene rings is 1. The van der Waals surface area contributed by atoms with Gasteiger partial charge in [-0.3, -0.25) is 4.79 Å². The summed E-state index contributed by atoms with van der Waals surface area (Å²) in [6, 6.07) is 3.86. The third kappa shape index (κ3) is 3.17. The van der Waals surface area contributed by atoms with Crippen molar-refractivity contribution in [1.29, 1.82) is 0 Å². The van der Waals surface area contributed by atoms with Gasteiger partial charge in [0, 0.05) is 18.2 Å². The van der Waals surface area contributed by atoms with E-state index in [4.69, 9.17) is 14.2 Å². The molecule has 1 aromatic rings. The zero-order valence-electron chi connectivity index (χ0n) is 11.5. The number of hydrogen-bond acceptors (Lipinski definition) is 5. The molecule has 0 aromatic heterocycles. The van der Waals surface area contributed by atoms with Gasteiger partial charge in [-0.05, 0) is 12.8 Å². The first-order valence-electron chi connectivity index (χ1n) is 6.26. The predicted octanol–water partition coefficient (Wildman–Crippen LogP) is 1.65. The summed E-state index contributed by atoms with van der Waals surface area (Å²) in [4.78, 5) is 12.3. The molecule has 0 saturated heterocycles. The first kappa shape index (κ1) is 13.7. The van der Waals surface area contributed by atoms with Gasteiger partial charge in [0.2, 0.25) is 0 Å². The number of carbonyl (C=O) groups is 1. The molecule has 0 amide bonds. The number of rotatable bonds is 7. The van der Waals surface area contributed by atoms with E-state index in [2.05, 4.69) is 5.32 Å². The normalized spacial score (nSPS) is 14.1. The van der Waals surface area contributed by atoms with Crippen molar-refractivity contribution in [2.24, 2.45) is 0 Å². The van der Waals surface area contributed by atoms with Gasteiger partial charge >= 0.3 is 0 Å². The Morgan fingerprint density at radius 1 is 1.16 bits per heavy atom. The molecule has 1 aromatic carbocycles. The van der Waals surface area contributed by atoms with Gasteiger partial charge in [-0.1, -0.05) is 0 Å². The fourth-order valence-corrected chi connectivity index (χ4v) is 1.89. The van der Waals surface area contributed by atoms with Gasteiger partial charge in [0.15, 0.2) is 5.78 Å². The Balaban J connectivity index is 2.26. The minimum absolute atomic E-state index is 0.0387. The van der Waals surface area contributed by atoms with Crippen LogP contribution >= 0.6 is 0 Å². The van der Waals surface area contributed by atoms with Crippen molar-refractivity contribution >= 4 is 5.78 Å². The minimum Gasteiger partial charge on any atom is -0.496 e. The number of ether oxygens (including phenoxy) is 3. The van der Waals surface area contributed by atoms with Crippen molar-refractivity contribution in [3.63, 3.8) is 0 Å². The Morgan fingerprint density at radius 3 is 2.16 bits per heavy atom. The van der Waals surface area contributed by atoms with E-state index in [1.165, 1.54) is 14.2 Å². The number of ketones is 1. The average molecular weight is 265 g/mol. The second-order valence-electron chi connectivity index (χ2n) is 4.49. The maximum Gasteiger partial charge on any atom is 0.184 e. The third-order valence-electron chi connectivity index (χ3n) is 3.12. The van der Waals surface area contributed by atoms with Gasteiger partial charge in [-0.2, -0.15) is 0 Å². The molecule has 0 atom stereocenters. The second-order valence-corrected chi connectivity index (χ2v) is 4.49. The largest absolute Gasteiger partial charge is 0.496 e. The molecule has 0 heterocycles. The van der Waals surface area contributed by atoms with E-state index in [0.717, 1.165) is 12.8 Å². The zero-order chi connectivity index (χ0) is 13.8. The van der Waals surface area contributed by atoms with Crippen molar-refractivity contribution in [2.75, 3.05) is 27.9 Å². The van der Waals surface area contributed by atoms with Crippen LogP contribution in [-0.4, -0.2) is 39.7 Å². The van der Waals surface area contributed by atoms with Crippen molar-refractivity contribution in [3.8, 4) is 17.2 Å². The van der Waals surface area contributed by atoms with Crippen molar-refractivity contribution in [1.82, 2.24) is 5.32 Å². The maximum atomic E-state index is 12.3. The van der Waals surface area contributed by atoms with Gasteiger partial charge in [-0.15, -0.1) is 0 Å². The average Bonchev–Trinajstić information content (AvgIpc) is 3.27. The van der Waals surface area contributed by atoms with Crippen molar-refractivity contribution in [2.45, 2.75) is 18.9 Å². The van der Waals surface area contributed by atoms with Gasteiger partial charge in [0.25, 0.3) is 0 Å². The Hall–Kier alpha value is -1.75. The van der Waals surface area contributed by atoms with E-state index in [1.807, 2.05) is 0 Å². The molecule has 19 heavy (non-hydrogen) atoms. The highest BCUT2D eigenvalue weighted by molar-refractivity contribution is 6.03. The number of carbonyl (C=O) groups excluding carboxylic acids is 1. The van der Waals surface area contributed by atoms with E-state index < -0.39 is 0 Å². The van der Waals surface area contributed by atoms with E-state index in [0.29, 0.717) is 35.4 Å². The summed E-state index contributed by atoms with van der Waals surface area (Å²) >= 11 is 0.